The summed E-state index contributed by atoms with van der Waals surface area (Å²) < 4.78 is 1.27. The highest BCUT2D eigenvalue weighted by Gasteiger charge is 2.43. The van der Waals surface area contributed by atoms with Crippen molar-refractivity contribution in [3.8, 4) is 0 Å². The van der Waals surface area contributed by atoms with Gasteiger partial charge in [-0.05, 0) is 82.9 Å². The second-order valence-corrected chi connectivity index (χ2v) is 8.25. The molecule has 3 rings (SSSR count). The van der Waals surface area contributed by atoms with E-state index in [0.29, 0.717) is 6.04 Å². The van der Waals surface area contributed by atoms with Crippen molar-refractivity contribution in [3.05, 3.63) is 20.8 Å². The SMILES string of the molecule is CCCNC(c1csc(Br)c1)C1CC2CCC1C2. The average Bonchev–Trinajstić information content (AvgIpc) is 3.06. The van der Waals surface area contributed by atoms with Crippen molar-refractivity contribution >= 4 is 27.3 Å². The molecule has 4 atom stereocenters. The van der Waals surface area contributed by atoms with Gasteiger partial charge < -0.3 is 5.32 Å². The summed E-state index contributed by atoms with van der Waals surface area (Å²) in [6.07, 6.45) is 7.16. The van der Waals surface area contributed by atoms with Crippen molar-refractivity contribution in [2.45, 2.75) is 45.1 Å². The molecule has 0 aliphatic heterocycles. The first-order valence-corrected chi connectivity index (χ1v) is 8.92. The second-order valence-electron chi connectivity index (χ2n) is 5.95. The van der Waals surface area contributed by atoms with Crippen LogP contribution < -0.4 is 5.32 Å². The minimum Gasteiger partial charge on any atom is -0.310 e. The number of thiophene rings is 1. The lowest BCUT2D eigenvalue weighted by Crippen LogP contribution is -2.31. The van der Waals surface area contributed by atoms with E-state index in [-0.39, 0.29) is 0 Å². The predicted molar refractivity (Wildman–Crippen MR) is 82.0 cm³/mol. The molecule has 1 N–H and O–H groups in total. The zero-order valence-electron chi connectivity index (χ0n) is 11.0. The lowest BCUT2D eigenvalue weighted by Gasteiger charge is -2.31. The van der Waals surface area contributed by atoms with Crippen LogP contribution in [0.25, 0.3) is 0 Å². The van der Waals surface area contributed by atoms with Gasteiger partial charge in [-0.3, -0.25) is 0 Å². The molecular formula is C15H22BrNS. The Morgan fingerprint density at radius 3 is 2.89 bits per heavy atom. The van der Waals surface area contributed by atoms with Gasteiger partial charge in [0.1, 0.15) is 0 Å². The molecule has 18 heavy (non-hydrogen) atoms. The minimum atomic E-state index is 0.600. The maximum atomic E-state index is 3.81. The topological polar surface area (TPSA) is 12.0 Å². The van der Waals surface area contributed by atoms with Crippen molar-refractivity contribution < 1.29 is 0 Å². The smallest absolute Gasteiger partial charge is 0.0701 e. The van der Waals surface area contributed by atoms with Crippen molar-refractivity contribution in [3.63, 3.8) is 0 Å². The van der Waals surface area contributed by atoms with Crippen molar-refractivity contribution in [1.82, 2.24) is 5.32 Å². The zero-order valence-corrected chi connectivity index (χ0v) is 13.4. The summed E-state index contributed by atoms with van der Waals surface area (Å²) in [6, 6.07) is 2.92. The molecule has 2 bridgehead atoms. The molecule has 1 aromatic rings. The van der Waals surface area contributed by atoms with E-state index >= 15 is 0 Å². The van der Waals surface area contributed by atoms with Gasteiger partial charge >= 0.3 is 0 Å². The third-order valence-electron chi connectivity index (χ3n) is 4.78. The number of halogens is 1. The normalized spacial score (nSPS) is 32.0. The van der Waals surface area contributed by atoms with E-state index in [1.54, 1.807) is 0 Å². The van der Waals surface area contributed by atoms with Crippen molar-refractivity contribution in [2.24, 2.45) is 17.8 Å². The highest BCUT2D eigenvalue weighted by molar-refractivity contribution is 9.11. The van der Waals surface area contributed by atoms with Gasteiger partial charge in [0.05, 0.1) is 3.79 Å². The summed E-state index contributed by atoms with van der Waals surface area (Å²) in [5.74, 6) is 2.91. The lowest BCUT2D eigenvalue weighted by atomic mass is 9.81. The molecule has 0 radical (unpaired) electrons. The highest BCUT2D eigenvalue weighted by atomic mass is 79.9. The number of rotatable bonds is 5. The second kappa shape index (κ2) is 5.64. The molecule has 2 fully saturated rings. The van der Waals surface area contributed by atoms with E-state index in [1.165, 1.54) is 41.5 Å². The van der Waals surface area contributed by atoms with Gasteiger partial charge in [0.2, 0.25) is 0 Å². The van der Waals surface area contributed by atoms with Crippen LogP contribution >= 0.6 is 27.3 Å². The van der Waals surface area contributed by atoms with Crippen LogP contribution in [0.5, 0.6) is 0 Å². The Morgan fingerprint density at radius 2 is 2.33 bits per heavy atom. The van der Waals surface area contributed by atoms with Gasteiger partial charge in [-0.15, -0.1) is 11.3 Å². The Morgan fingerprint density at radius 1 is 1.44 bits per heavy atom. The molecule has 100 valence electrons. The number of hydrogen-bond acceptors (Lipinski definition) is 2. The molecule has 3 heteroatoms. The fraction of sp³-hybridized carbons (Fsp3) is 0.733. The van der Waals surface area contributed by atoms with E-state index < -0.39 is 0 Å². The number of fused-ring (bicyclic) bond motifs is 2. The van der Waals surface area contributed by atoms with Gasteiger partial charge in [0, 0.05) is 6.04 Å². The molecule has 1 heterocycles. The first-order valence-electron chi connectivity index (χ1n) is 7.25. The number of nitrogens with one attached hydrogen (secondary N) is 1. The molecule has 0 aromatic carbocycles. The molecule has 0 spiro atoms. The first kappa shape index (κ1) is 13.1. The predicted octanol–water partition coefficient (Wildman–Crippen LogP) is 4.99. The third kappa shape index (κ3) is 2.54. The fourth-order valence-corrected chi connectivity index (χ4v) is 5.22. The van der Waals surface area contributed by atoms with Crippen LogP contribution in [0.2, 0.25) is 0 Å². The van der Waals surface area contributed by atoms with Crippen LogP contribution in [0.3, 0.4) is 0 Å². The highest BCUT2D eigenvalue weighted by Crippen LogP contribution is 2.52. The third-order valence-corrected chi connectivity index (χ3v) is 6.30. The molecule has 1 nitrogen and oxygen atoms in total. The summed E-state index contributed by atoms with van der Waals surface area (Å²) in [6.45, 7) is 3.40. The van der Waals surface area contributed by atoms with E-state index in [2.05, 4.69) is 39.6 Å². The van der Waals surface area contributed by atoms with Gasteiger partial charge in [-0.25, -0.2) is 0 Å². The molecule has 2 aliphatic rings. The molecule has 2 saturated carbocycles. The molecule has 1 aromatic heterocycles. The Balaban J connectivity index is 1.77. The maximum absolute atomic E-state index is 3.81. The summed E-state index contributed by atoms with van der Waals surface area (Å²) >= 11 is 5.43. The molecule has 0 amide bonds. The Hall–Kier alpha value is 0.140. The maximum Gasteiger partial charge on any atom is 0.0701 e. The summed E-state index contributed by atoms with van der Waals surface area (Å²) in [5.41, 5.74) is 1.51. The largest absolute Gasteiger partial charge is 0.310 e. The van der Waals surface area contributed by atoms with Gasteiger partial charge in [-0.2, -0.15) is 0 Å². The Labute approximate surface area is 122 Å². The van der Waals surface area contributed by atoms with Crippen molar-refractivity contribution in [2.75, 3.05) is 6.54 Å². The van der Waals surface area contributed by atoms with E-state index in [9.17, 15) is 0 Å². The quantitative estimate of drug-likeness (QED) is 0.803. The van der Waals surface area contributed by atoms with E-state index in [4.69, 9.17) is 0 Å². The average molecular weight is 328 g/mol. The minimum absolute atomic E-state index is 0.600. The fourth-order valence-electron chi connectivity index (χ4n) is 4.00. The van der Waals surface area contributed by atoms with Gasteiger partial charge in [0.25, 0.3) is 0 Å². The van der Waals surface area contributed by atoms with Crippen LogP contribution in [-0.4, -0.2) is 6.54 Å². The molecular weight excluding hydrogens is 306 g/mol. The standard InChI is InChI=1S/C15H22BrNS/c1-2-5-17-15(12-8-14(16)18-9-12)13-7-10-3-4-11(13)6-10/h8-11,13,15,17H,2-7H2,1H3. The zero-order chi connectivity index (χ0) is 12.5. The van der Waals surface area contributed by atoms with E-state index in [0.717, 1.165) is 24.3 Å². The van der Waals surface area contributed by atoms with Gasteiger partial charge in [0.15, 0.2) is 0 Å². The van der Waals surface area contributed by atoms with Crippen molar-refractivity contribution in [1.29, 1.82) is 0 Å². The van der Waals surface area contributed by atoms with E-state index in [1.807, 2.05) is 11.3 Å². The number of hydrogen-bond donors (Lipinski definition) is 1. The van der Waals surface area contributed by atoms with Crippen LogP contribution in [0, 0.1) is 17.8 Å². The van der Waals surface area contributed by atoms with Gasteiger partial charge in [-0.1, -0.05) is 13.3 Å². The molecule has 2 aliphatic carbocycles. The molecule has 0 saturated heterocycles. The van der Waals surface area contributed by atoms with Crippen LogP contribution in [-0.2, 0) is 0 Å². The first-order chi connectivity index (χ1) is 8.78. The Kier molecular flexibility index (Phi) is 4.12. The summed E-state index contributed by atoms with van der Waals surface area (Å²) in [5, 5.41) is 6.15. The Bertz CT molecular complexity index is 403. The lowest BCUT2D eigenvalue weighted by molar-refractivity contribution is 0.251. The van der Waals surface area contributed by atoms with Crippen LogP contribution in [0.4, 0.5) is 0 Å². The summed E-state index contributed by atoms with van der Waals surface area (Å²) in [7, 11) is 0. The molecule has 4 unspecified atom stereocenters. The summed E-state index contributed by atoms with van der Waals surface area (Å²) in [4.78, 5) is 0. The monoisotopic (exact) mass is 327 g/mol. The van der Waals surface area contributed by atoms with Crippen LogP contribution in [0.1, 0.15) is 50.6 Å². The van der Waals surface area contributed by atoms with Crippen LogP contribution in [0.15, 0.2) is 15.2 Å².